The van der Waals surface area contributed by atoms with Crippen molar-refractivity contribution in [2.45, 2.75) is 65.4 Å². The van der Waals surface area contributed by atoms with Crippen molar-refractivity contribution in [3.63, 3.8) is 0 Å². The highest BCUT2D eigenvalue weighted by Crippen LogP contribution is 2.45. The predicted octanol–water partition coefficient (Wildman–Crippen LogP) is 4.98. The Labute approximate surface area is 175 Å². The van der Waals surface area contributed by atoms with E-state index in [2.05, 4.69) is 58.0 Å². The number of hydrogen-bond donors (Lipinski definition) is 2. The quantitative estimate of drug-likeness (QED) is 0.749. The minimum atomic E-state index is -0.0164. The standard InChI is InChI=1S/C26H36O3/c1-16(2)29-21-10-9-18-11-20(14-27)23(15-28)25(22(18)13-21)19-8-7-17(3)24(12-19)26(4,5)6/h7-10,12-13,16,20,23,25,27-28H,11,14-15H2,1-6H3/t20-,23-,25?/m1/s1. The van der Waals surface area contributed by atoms with Gasteiger partial charge in [-0.1, -0.05) is 45.0 Å². The van der Waals surface area contributed by atoms with Gasteiger partial charge in [0.15, 0.2) is 0 Å². The zero-order chi connectivity index (χ0) is 21.3. The Balaban J connectivity index is 2.17. The van der Waals surface area contributed by atoms with Gasteiger partial charge in [-0.25, -0.2) is 0 Å². The summed E-state index contributed by atoms with van der Waals surface area (Å²) in [5, 5.41) is 20.4. The molecular weight excluding hydrogens is 360 g/mol. The van der Waals surface area contributed by atoms with Crippen LogP contribution in [0.5, 0.6) is 5.75 Å². The first-order valence-electron chi connectivity index (χ1n) is 10.8. The third-order valence-corrected chi connectivity index (χ3v) is 6.21. The van der Waals surface area contributed by atoms with Gasteiger partial charge in [-0.2, -0.15) is 0 Å². The predicted molar refractivity (Wildman–Crippen MR) is 119 cm³/mol. The molecule has 0 aromatic heterocycles. The lowest BCUT2D eigenvalue weighted by Crippen LogP contribution is -2.35. The van der Waals surface area contributed by atoms with Gasteiger partial charge in [0.1, 0.15) is 5.75 Å². The summed E-state index contributed by atoms with van der Waals surface area (Å²) in [5.74, 6) is 0.940. The summed E-state index contributed by atoms with van der Waals surface area (Å²) in [6.07, 6.45) is 0.897. The molecule has 0 saturated heterocycles. The topological polar surface area (TPSA) is 49.7 Å². The van der Waals surface area contributed by atoms with E-state index >= 15 is 0 Å². The van der Waals surface area contributed by atoms with Gasteiger partial charge in [-0.15, -0.1) is 0 Å². The summed E-state index contributed by atoms with van der Waals surface area (Å²) in [6.45, 7) is 13.1. The number of hydrogen-bond acceptors (Lipinski definition) is 3. The molecule has 2 N–H and O–H groups in total. The summed E-state index contributed by atoms with van der Waals surface area (Å²) < 4.78 is 5.97. The van der Waals surface area contributed by atoms with Crippen LogP contribution in [0.2, 0.25) is 0 Å². The van der Waals surface area contributed by atoms with Crippen LogP contribution < -0.4 is 4.74 Å². The average molecular weight is 397 g/mol. The summed E-state index contributed by atoms with van der Waals surface area (Å²) in [7, 11) is 0. The van der Waals surface area contributed by atoms with E-state index in [1.165, 1.54) is 27.8 Å². The van der Waals surface area contributed by atoms with Crippen LogP contribution >= 0.6 is 0 Å². The molecule has 0 bridgehead atoms. The molecule has 0 spiro atoms. The smallest absolute Gasteiger partial charge is 0.120 e. The molecule has 29 heavy (non-hydrogen) atoms. The maximum Gasteiger partial charge on any atom is 0.120 e. The Hall–Kier alpha value is -1.84. The van der Waals surface area contributed by atoms with Crippen LogP contribution in [0.1, 0.15) is 68.4 Å². The molecule has 0 saturated carbocycles. The molecule has 3 rings (SSSR count). The summed E-state index contributed by atoms with van der Waals surface area (Å²) >= 11 is 0. The van der Waals surface area contributed by atoms with Crippen molar-refractivity contribution >= 4 is 0 Å². The van der Waals surface area contributed by atoms with E-state index < -0.39 is 0 Å². The van der Waals surface area contributed by atoms with Crippen LogP contribution in [0.25, 0.3) is 0 Å². The Morgan fingerprint density at radius 2 is 1.76 bits per heavy atom. The second kappa shape index (κ2) is 8.49. The second-order valence-corrected chi connectivity index (χ2v) is 9.82. The Morgan fingerprint density at radius 3 is 2.34 bits per heavy atom. The van der Waals surface area contributed by atoms with E-state index in [0.717, 1.165) is 12.2 Å². The van der Waals surface area contributed by atoms with Crippen molar-refractivity contribution in [3.05, 3.63) is 64.2 Å². The molecule has 0 amide bonds. The van der Waals surface area contributed by atoms with E-state index in [1.54, 1.807) is 0 Å². The Kier molecular flexibility index (Phi) is 6.40. The van der Waals surface area contributed by atoms with Crippen LogP contribution in [0, 0.1) is 18.8 Å². The molecular formula is C26H36O3. The lowest BCUT2D eigenvalue weighted by Gasteiger charge is -2.39. The summed E-state index contributed by atoms with van der Waals surface area (Å²) in [4.78, 5) is 0. The van der Waals surface area contributed by atoms with Crippen LogP contribution in [0.4, 0.5) is 0 Å². The Morgan fingerprint density at radius 1 is 1.03 bits per heavy atom. The van der Waals surface area contributed by atoms with Gasteiger partial charge in [-0.05, 0) is 84.4 Å². The minimum Gasteiger partial charge on any atom is -0.491 e. The maximum absolute atomic E-state index is 10.3. The fraction of sp³-hybridized carbons (Fsp3) is 0.538. The fourth-order valence-electron chi connectivity index (χ4n) is 4.85. The number of benzene rings is 2. The fourth-order valence-corrected chi connectivity index (χ4v) is 4.85. The molecule has 0 radical (unpaired) electrons. The Bertz CT molecular complexity index is 848. The van der Waals surface area contributed by atoms with Crippen LogP contribution in [-0.4, -0.2) is 29.5 Å². The van der Waals surface area contributed by atoms with E-state index in [0.29, 0.717) is 0 Å². The molecule has 1 unspecified atom stereocenters. The third kappa shape index (κ3) is 4.51. The average Bonchev–Trinajstić information content (AvgIpc) is 2.65. The van der Waals surface area contributed by atoms with Gasteiger partial charge < -0.3 is 14.9 Å². The third-order valence-electron chi connectivity index (χ3n) is 6.21. The molecule has 2 aromatic rings. The molecule has 3 nitrogen and oxygen atoms in total. The number of aliphatic hydroxyl groups is 2. The number of aliphatic hydroxyl groups excluding tert-OH is 2. The summed E-state index contributed by atoms with van der Waals surface area (Å²) in [6, 6.07) is 13.0. The highest BCUT2D eigenvalue weighted by Gasteiger charge is 2.37. The first kappa shape index (κ1) is 21.9. The monoisotopic (exact) mass is 396 g/mol. The minimum absolute atomic E-state index is 0.0164. The van der Waals surface area contributed by atoms with Crippen molar-refractivity contribution in [3.8, 4) is 5.75 Å². The van der Waals surface area contributed by atoms with Crippen LogP contribution in [0.3, 0.4) is 0 Å². The van der Waals surface area contributed by atoms with E-state index in [1.807, 2.05) is 19.9 Å². The largest absolute Gasteiger partial charge is 0.491 e. The zero-order valence-electron chi connectivity index (χ0n) is 18.7. The molecule has 3 atom stereocenters. The van der Waals surface area contributed by atoms with Gasteiger partial charge in [0.25, 0.3) is 0 Å². The molecule has 3 heteroatoms. The maximum atomic E-state index is 10.3. The lowest BCUT2D eigenvalue weighted by atomic mass is 9.66. The molecule has 1 aliphatic carbocycles. The zero-order valence-corrected chi connectivity index (χ0v) is 18.7. The van der Waals surface area contributed by atoms with E-state index in [9.17, 15) is 10.2 Å². The van der Waals surface area contributed by atoms with Gasteiger partial charge in [0.2, 0.25) is 0 Å². The molecule has 158 valence electrons. The molecule has 1 aliphatic rings. The van der Waals surface area contributed by atoms with E-state index in [-0.39, 0.29) is 42.5 Å². The number of aryl methyl sites for hydroxylation is 1. The molecule has 0 aliphatic heterocycles. The normalized spacial score (nSPS) is 21.9. The number of rotatable bonds is 5. The molecule has 0 heterocycles. The first-order chi connectivity index (χ1) is 13.7. The van der Waals surface area contributed by atoms with Crippen LogP contribution in [0.15, 0.2) is 36.4 Å². The second-order valence-electron chi connectivity index (χ2n) is 9.82. The highest BCUT2D eigenvalue weighted by molar-refractivity contribution is 5.48. The van der Waals surface area contributed by atoms with Gasteiger partial charge in [-0.3, -0.25) is 0 Å². The van der Waals surface area contributed by atoms with Gasteiger partial charge >= 0.3 is 0 Å². The molecule has 0 fully saturated rings. The summed E-state index contributed by atoms with van der Waals surface area (Å²) in [5.41, 5.74) is 6.33. The van der Waals surface area contributed by atoms with Crippen molar-refractivity contribution in [1.29, 1.82) is 0 Å². The molecule has 2 aromatic carbocycles. The highest BCUT2D eigenvalue weighted by atomic mass is 16.5. The van der Waals surface area contributed by atoms with Gasteiger partial charge in [0, 0.05) is 19.1 Å². The lowest BCUT2D eigenvalue weighted by molar-refractivity contribution is 0.101. The van der Waals surface area contributed by atoms with Crippen molar-refractivity contribution in [2.75, 3.05) is 13.2 Å². The van der Waals surface area contributed by atoms with E-state index in [4.69, 9.17) is 4.74 Å². The van der Waals surface area contributed by atoms with Crippen molar-refractivity contribution < 1.29 is 14.9 Å². The number of fused-ring (bicyclic) bond motifs is 1. The number of ether oxygens (including phenoxy) is 1. The van der Waals surface area contributed by atoms with Crippen molar-refractivity contribution in [2.24, 2.45) is 11.8 Å². The van der Waals surface area contributed by atoms with Crippen molar-refractivity contribution in [1.82, 2.24) is 0 Å². The SMILES string of the molecule is Cc1ccc(C2c3cc(OC(C)C)ccc3C[C@H](CO)[C@H]2CO)cc1C(C)(C)C. The first-order valence-corrected chi connectivity index (χ1v) is 10.8. The van der Waals surface area contributed by atoms with Gasteiger partial charge in [0.05, 0.1) is 6.10 Å². The van der Waals surface area contributed by atoms with Crippen LogP contribution in [-0.2, 0) is 11.8 Å².